The molecule has 0 aliphatic carbocycles. The number of carbonyl (C=O) groups excluding carboxylic acids is 1. The Balaban J connectivity index is 1.44. The van der Waals surface area contributed by atoms with Gasteiger partial charge in [0.2, 0.25) is 5.95 Å². The number of hydrogen-bond donors (Lipinski definition) is 0. The van der Waals surface area contributed by atoms with Crippen LogP contribution in [0.3, 0.4) is 0 Å². The summed E-state index contributed by atoms with van der Waals surface area (Å²) >= 11 is 12.1. The molecule has 3 aliphatic heterocycles. The van der Waals surface area contributed by atoms with Gasteiger partial charge in [-0.05, 0) is 32.1 Å². The predicted molar refractivity (Wildman–Crippen MR) is 107 cm³/mol. The van der Waals surface area contributed by atoms with Crippen LogP contribution in [0.4, 0.5) is 10.7 Å². The van der Waals surface area contributed by atoms with Gasteiger partial charge < -0.3 is 19.3 Å². The maximum Gasteiger partial charge on any atom is 0.410 e. The van der Waals surface area contributed by atoms with Crippen molar-refractivity contribution in [2.45, 2.75) is 69.2 Å². The molecule has 0 saturated carbocycles. The van der Waals surface area contributed by atoms with Crippen molar-refractivity contribution in [1.29, 1.82) is 0 Å². The van der Waals surface area contributed by atoms with E-state index in [4.69, 9.17) is 32.7 Å². The van der Waals surface area contributed by atoms with E-state index < -0.39 is 0 Å². The van der Waals surface area contributed by atoms with Gasteiger partial charge in [-0.1, -0.05) is 23.2 Å². The number of aromatic nitrogens is 2. The minimum absolute atomic E-state index is 0.0237. The Labute approximate surface area is 175 Å². The topological polar surface area (TPSA) is 67.8 Å². The van der Waals surface area contributed by atoms with Crippen molar-refractivity contribution in [3.05, 3.63) is 16.4 Å². The molecule has 3 fully saturated rings. The van der Waals surface area contributed by atoms with Crippen LogP contribution < -0.4 is 4.90 Å². The highest BCUT2D eigenvalue weighted by atomic mass is 35.5. The van der Waals surface area contributed by atoms with Gasteiger partial charge in [-0.25, -0.2) is 14.8 Å². The summed E-state index contributed by atoms with van der Waals surface area (Å²) in [4.78, 5) is 25.6. The van der Waals surface area contributed by atoms with Crippen LogP contribution in [0, 0.1) is 0 Å². The van der Waals surface area contributed by atoms with Gasteiger partial charge >= 0.3 is 6.09 Å². The summed E-state index contributed by atoms with van der Waals surface area (Å²) in [5, 5.41) is 0.666. The first kappa shape index (κ1) is 20.0. The van der Waals surface area contributed by atoms with Gasteiger partial charge in [0.25, 0.3) is 0 Å². The molecule has 1 aromatic heterocycles. The molecule has 0 spiro atoms. The van der Waals surface area contributed by atoms with Gasteiger partial charge in [0.05, 0.1) is 13.2 Å². The summed E-state index contributed by atoms with van der Waals surface area (Å²) in [5.41, 5.74) is 0. The second kappa shape index (κ2) is 8.59. The fourth-order valence-corrected chi connectivity index (χ4v) is 5.08. The maximum atomic E-state index is 12.9. The van der Waals surface area contributed by atoms with Crippen LogP contribution in [0.1, 0.15) is 44.9 Å². The summed E-state index contributed by atoms with van der Waals surface area (Å²) in [6, 6.07) is 2.13. The summed E-state index contributed by atoms with van der Waals surface area (Å²) in [7, 11) is 1.97. The van der Waals surface area contributed by atoms with E-state index in [1.807, 2.05) is 16.8 Å². The number of piperidine rings is 2. The number of anilines is 1. The second-order valence-electron chi connectivity index (χ2n) is 7.89. The van der Waals surface area contributed by atoms with Crippen LogP contribution >= 0.6 is 23.2 Å². The van der Waals surface area contributed by atoms with Crippen molar-refractivity contribution in [3.63, 3.8) is 0 Å². The van der Waals surface area contributed by atoms with E-state index in [9.17, 15) is 4.79 Å². The smallest absolute Gasteiger partial charge is 0.410 e. The third kappa shape index (κ3) is 4.31. The fourth-order valence-electron chi connectivity index (χ4n) is 4.66. The zero-order valence-electron chi connectivity index (χ0n) is 16.0. The Hall–Kier alpha value is -1.31. The Morgan fingerprint density at radius 1 is 1.14 bits per heavy atom. The third-order valence-electron chi connectivity index (χ3n) is 6.11. The quantitative estimate of drug-likeness (QED) is 0.679. The zero-order chi connectivity index (χ0) is 19.7. The number of amides is 1. The van der Waals surface area contributed by atoms with E-state index >= 15 is 0 Å². The number of halogens is 2. The summed E-state index contributed by atoms with van der Waals surface area (Å²) in [6.45, 7) is 1.33. The zero-order valence-corrected chi connectivity index (χ0v) is 17.5. The monoisotopic (exact) mass is 428 g/mol. The lowest BCUT2D eigenvalue weighted by atomic mass is 9.81. The lowest BCUT2D eigenvalue weighted by Gasteiger charge is -2.50. The first-order valence-corrected chi connectivity index (χ1v) is 10.8. The third-order valence-corrected chi connectivity index (χ3v) is 6.50. The molecule has 3 aliphatic rings. The lowest BCUT2D eigenvalue weighted by Crippen LogP contribution is -2.59. The summed E-state index contributed by atoms with van der Waals surface area (Å²) in [5.74, 6) is 0.527. The number of ether oxygens (including phenoxy) is 2. The van der Waals surface area contributed by atoms with Crippen molar-refractivity contribution in [2.24, 2.45) is 0 Å². The van der Waals surface area contributed by atoms with E-state index in [2.05, 4.69) is 9.97 Å². The normalized spacial score (nSPS) is 28.1. The van der Waals surface area contributed by atoms with Gasteiger partial charge in [-0.2, -0.15) is 0 Å². The summed E-state index contributed by atoms with van der Waals surface area (Å²) in [6.07, 6.45) is 6.26. The lowest BCUT2D eigenvalue weighted by molar-refractivity contribution is -0.0343. The fraction of sp³-hybridized carbons (Fsp3) is 0.737. The molecule has 4 rings (SSSR count). The average Bonchev–Trinajstić information content (AvgIpc) is 2.66. The molecule has 28 heavy (non-hydrogen) atoms. The first-order chi connectivity index (χ1) is 13.5. The number of hydrogen-bond acceptors (Lipinski definition) is 6. The highest BCUT2D eigenvalue weighted by Gasteiger charge is 2.43. The van der Waals surface area contributed by atoms with Gasteiger partial charge in [0.1, 0.15) is 16.4 Å². The minimum Gasteiger partial charge on any atom is -0.446 e. The number of fused-ring (bicyclic) bond motifs is 2. The minimum atomic E-state index is -0.162. The Kier molecular flexibility index (Phi) is 6.13. The Bertz CT molecular complexity index is 682. The van der Waals surface area contributed by atoms with Crippen molar-refractivity contribution in [1.82, 2.24) is 14.9 Å². The van der Waals surface area contributed by atoms with E-state index in [0.29, 0.717) is 29.5 Å². The van der Waals surface area contributed by atoms with Crippen molar-refractivity contribution in [2.75, 3.05) is 25.2 Å². The van der Waals surface area contributed by atoms with Crippen LogP contribution in [-0.2, 0) is 9.47 Å². The molecule has 7 nitrogen and oxygen atoms in total. The van der Waals surface area contributed by atoms with Crippen LogP contribution in [0.15, 0.2) is 6.07 Å². The van der Waals surface area contributed by atoms with Crippen LogP contribution in [-0.4, -0.2) is 65.5 Å². The molecule has 9 heteroatoms. The average molecular weight is 429 g/mol. The highest BCUT2D eigenvalue weighted by molar-refractivity contribution is 6.33. The molecule has 3 saturated heterocycles. The SMILES string of the molecule is CN(c1nc(Cl)cc(Cl)n1)[C@@H]1C[C@H]2CCC[C@@H](C1)N2C(=O)OC1CCOCC1. The van der Waals surface area contributed by atoms with Crippen LogP contribution in [0.5, 0.6) is 0 Å². The standard InChI is InChI=1S/C19H26Cl2N4O3/c1-24(18-22-16(20)11-17(21)23-18)14-9-12-3-2-4-13(10-14)25(12)19(26)28-15-5-7-27-8-6-15/h11-15H,2-10H2,1H3/t12-,13+,14-. The molecular formula is C19H26Cl2N4O3. The number of rotatable bonds is 3. The van der Waals surface area contributed by atoms with Crippen LogP contribution in [0.25, 0.3) is 0 Å². The Morgan fingerprint density at radius 3 is 2.36 bits per heavy atom. The highest BCUT2D eigenvalue weighted by Crippen LogP contribution is 2.37. The molecule has 0 unspecified atom stereocenters. The molecular weight excluding hydrogens is 403 g/mol. The maximum absolute atomic E-state index is 12.9. The van der Waals surface area contributed by atoms with Gasteiger partial charge in [0, 0.05) is 44.1 Å². The van der Waals surface area contributed by atoms with E-state index in [-0.39, 0.29) is 30.3 Å². The van der Waals surface area contributed by atoms with Crippen molar-refractivity contribution < 1.29 is 14.3 Å². The van der Waals surface area contributed by atoms with Gasteiger partial charge in [0.15, 0.2) is 0 Å². The molecule has 4 heterocycles. The molecule has 1 aromatic rings. The summed E-state index contributed by atoms with van der Waals surface area (Å²) < 4.78 is 11.2. The van der Waals surface area contributed by atoms with E-state index in [1.54, 1.807) is 0 Å². The molecule has 154 valence electrons. The predicted octanol–water partition coefficient (Wildman–Crippen LogP) is 3.92. The van der Waals surface area contributed by atoms with E-state index in [1.165, 1.54) is 6.07 Å². The first-order valence-electron chi connectivity index (χ1n) is 10.0. The van der Waals surface area contributed by atoms with E-state index in [0.717, 1.165) is 44.9 Å². The molecule has 1 amide bonds. The van der Waals surface area contributed by atoms with Gasteiger partial charge in [-0.15, -0.1) is 0 Å². The second-order valence-corrected chi connectivity index (χ2v) is 8.67. The largest absolute Gasteiger partial charge is 0.446 e. The molecule has 0 N–H and O–H groups in total. The van der Waals surface area contributed by atoms with Gasteiger partial charge in [-0.3, -0.25) is 0 Å². The Morgan fingerprint density at radius 2 is 1.75 bits per heavy atom. The van der Waals surface area contributed by atoms with Crippen LogP contribution in [0.2, 0.25) is 10.3 Å². The van der Waals surface area contributed by atoms with Crippen molar-refractivity contribution in [3.8, 4) is 0 Å². The molecule has 3 atom stereocenters. The molecule has 2 bridgehead atoms. The number of nitrogens with zero attached hydrogens (tertiary/aromatic N) is 4. The molecule has 0 radical (unpaired) electrons. The van der Waals surface area contributed by atoms with Crippen molar-refractivity contribution >= 4 is 35.2 Å². The molecule has 0 aromatic carbocycles. The number of carbonyl (C=O) groups is 1.